The molecular weight excluding hydrogens is 411 g/mol. The average molecular weight is 437 g/mol. The van der Waals surface area contributed by atoms with Gasteiger partial charge >= 0.3 is 5.97 Å². The summed E-state index contributed by atoms with van der Waals surface area (Å²) < 4.78 is 0. The number of aromatic carboxylic acids is 1. The molecule has 2 N–H and O–H groups in total. The zero-order valence-electron chi connectivity index (χ0n) is 16.1. The maximum atomic E-state index is 10.9. The summed E-state index contributed by atoms with van der Waals surface area (Å²) in [6, 6.07) is 7.10. The van der Waals surface area contributed by atoms with E-state index in [0.717, 1.165) is 17.7 Å². The highest BCUT2D eigenvalue weighted by molar-refractivity contribution is 5.86. The number of halogens is 2. The van der Waals surface area contributed by atoms with Crippen molar-refractivity contribution in [2.45, 2.75) is 31.7 Å². The number of carbonyl (C=O) groups is 1. The van der Waals surface area contributed by atoms with Gasteiger partial charge in [-0.05, 0) is 61.4 Å². The Labute approximate surface area is 182 Å². The van der Waals surface area contributed by atoms with Crippen LogP contribution in [0.1, 0.15) is 46.9 Å². The van der Waals surface area contributed by atoms with Gasteiger partial charge in [-0.1, -0.05) is 12.1 Å². The van der Waals surface area contributed by atoms with Crippen molar-refractivity contribution >= 4 is 30.8 Å². The van der Waals surface area contributed by atoms with Crippen LogP contribution in [0.2, 0.25) is 0 Å². The second-order valence-corrected chi connectivity index (χ2v) is 8.22. The van der Waals surface area contributed by atoms with Crippen molar-refractivity contribution in [2.24, 2.45) is 5.41 Å². The Balaban J connectivity index is 0.00000120. The molecule has 0 radical (unpaired) electrons. The van der Waals surface area contributed by atoms with Gasteiger partial charge in [0.2, 0.25) is 0 Å². The normalized spacial score (nSPS) is 22.1. The number of carboxylic acid groups (broad SMARTS) is 1. The summed E-state index contributed by atoms with van der Waals surface area (Å²) in [5, 5.41) is 12.4. The van der Waals surface area contributed by atoms with Gasteiger partial charge in [-0.2, -0.15) is 0 Å². The summed E-state index contributed by atoms with van der Waals surface area (Å²) in [4.78, 5) is 21.9. The van der Waals surface area contributed by atoms with E-state index < -0.39 is 5.97 Å². The van der Waals surface area contributed by atoms with Gasteiger partial charge in [-0.3, -0.25) is 9.88 Å². The molecule has 1 spiro atoms. The summed E-state index contributed by atoms with van der Waals surface area (Å²) in [5.74, 6) is -1.05. The van der Waals surface area contributed by atoms with Crippen LogP contribution in [0.3, 0.4) is 0 Å². The lowest BCUT2D eigenvalue weighted by molar-refractivity contribution is -0.0512. The molecule has 1 aromatic heterocycles. The largest absolute Gasteiger partial charge is 0.476 e. The Morgan fingerprint density at radius 2 is 1.90 bits per heavy atom. The fourth-order valence-corrected chi connectivity index (χ4v) is 5.03. The first-order chi connectivity index (χ1) is 13.1. The molecule has 1 aliphatic carbocycles. The number of rotatable bonds is 3. The van der Waals surface area contributed by atoms with Crippen LogP contribution in [0, 0.1) is 5.41 Å². The van der Waals surface area contributed by atoms with E-state index in [1.165, 1.54) is 62.8 Å². The molecule has 1 atom stereocenters. The fraction of sp³-hybridized carbons (Fsp3) is 0.476. The standard InChI is InChI=1S/C21H24N4O2.2ClH/c26-20(27)18-11-23-17(10-24-18)15-1-3-16-14(9-15)2-4-19(16)25-12-21(13-25)5-7-22-8-6-21;;/h1,3,9-11,19,22H,2,4-8,12-13H2,(H,26,27);2*1H/t19-;;/m1../s1. The molecule has 2 fully saturated rings. The summed E-state index contributed by atoms with van der Waals surface area (Å²) in [5.41, 5.74) is 5.13. The lowest BCUT2D eigenvalue weighted by Gasteiger charge is -2.55. The number of hydrogen-bond acceptors (Lipinski definition) is 5. The van der Waals surface area contributed by atoms with Gasteiger partial charge in [0.05, 0.1) is 18.1 Å². The third-order valence-corrected chi connectivity index (χ3v) is 6.54. The number of aromatic nitrogens is 2. The topological polar surface area (TPSA) is 78.3 Å². The molecule has 3 aliphatic rings. The van der Waals surface area contributed by atoms with Crippen LogP contribution in [-0.4, -0.2) is 52.1 Å². The van der Waals surface area contributed by atoms with E-state index in [9.17, 15) is 4.79 Å². The van der Waals surface area contributed by atoms with E-state index in [4.69, 9.17) is 5.11 Å². The highest BCUT2D eigenvalue weighted by atomic mass is 35.5. The van der Waals surface area contributed by atoms with Crippen molar-refractivity contribution in [3.8, 4) is 11.3 Å². The number of piperidine rings is 1. The van der Waals surface area contributed by atoms with Crippen molar-refractivity contribution in [2.75, 3.05) is 26.2 Å². The lowest BCUT2D eigenvalue weighted by Crippen LogP contribution is -2.60. The maximum Gasteiger partial charge on any atom is 0.356 e. The van der Waals surface area contributed by atoms with E-state index in [1.807, 2.05) is 0 Å². The molecule has 3 heterocycles. The van der Waals surface area contributed by atoms with Crippen LogP contribution in [-0.2, 0) is 6.42 Å². The minimum Gasteiger partial charge on any atom is -0.476 e. The molecule has 0 bridgehead atoms. The number of nitrogens with zero attached hydrogens (tertiary/aromatic N) is 3. The first kappa shape index (κ1) is 22.0. The van der Waals surface area contributed by atoms with Crippen molar-refractivity contribution < 1.29 is 9.90 Å². The van der Waals surface area contributed by atoms with Gasteiger partial charge in [0.15, 0.2) is 5.69 Å². The summed E-state index contributed by atoms with van der Waals surface area (Å²) >= 11 is 0. The Bertz CT molecular complexity index is 877. The number of benzene rings is 1. The molecule has 2 aromatic rings. The van der Waals surface area contributed by atoms with Gasteiger partial charge < -0.3 is 10.4 Å². The Morgan fingerprint density at radius 1 is 1.14 bits per heavy atom. The Hall–Kier alpha value is -1.73. The molecule has 156 valence electrons. The summed E-state index contributed by atoms with van der Waals surface area (Å²) in [6.07, 6.45) is 7.79. The number of hydrogen-bond donors (Lipinski definition) is 2. The predicted molar refractivity (Wildman–Crippen MR) is 116 cm³/mol. The number of likely N-dealkylation sites (tertiary alicyclic amines) is 1. The highest BCUT2D eigenvalue weighted by Crippen LogP contribution is 2.47. The van der Waals surface area contributed by atoms with Gasteiger partial charge in [0.1, 0.15) is 0 Å². The van der Waals surface area contributed by atoms with Crippen LogP contribution in [0.25, 0.3) is 11.3 Å². The third-order valence-electron chi connectivity index (χ3n) is 6.54. The summed E-state index contributed by atoms with van der Waals surface area (Å²) in [6.45, 7) is 4.81. The zero-order chi connectivity index (χ0) is 18.4. The minimum atomic E-state index is -1.05. The zero-order valence-corrected chi connectivity index (χ0v) is 17.8. The number of aryl methyl sites for hydroxylation is 1. The van der Waals surface area contributed by atoms with Crippen molar-refractivity contribution in [1.29, 1.82) is 0 Å². The molecule has 0 amide bonds. The predicted octanol–water partition coefficient (Wildman–Crippen LogP) is 3.36. The highest BCUT2D eigenvalue weighted by Gasteiger charge is 2.46. The van der Waals surface area contributed by atoms with Crippen LogP contribution in [0.5, 0.6) is 0 Å². The fourth-order valence-electron chi connectivity index (χ4n) is 5.03. The van der Waals surface area contributed by atoms with Gasteiger partial charge in [0.25, 0.3) is 0 Å². The first-order valence-corrected chi connectivity index (χ1v) is 9.77. The second-order valence-electron chi connectivity index (χ2n) is 8.22. The number of carboxylic acids is 1. The van der Waals surface area contributed by atoms with E-state index >= 15 is 0 Å². The van der Waals surface area contributed by atoms with Crippen LogP contribution in [0.4, 0.5) is 0 Å². The van der Waals surface area contributed by atoms with E-state index in [-0.39, 0.29) is 30.5 Å². The Morgan fingerprint density at radius 3 is 2.55 bits per heavy atom. The molecule has 2 aliphatic heterocycles. The quantitative estimate of drug-likeness (QED) is 0.767. The van der Waals surface area contributed by atoms with Crippen LogP contribution in [0.15, 0.2) is 30.6 Å². The number of fused-ring (bicyclic) bond motifs is 1. The molecule has 8 heteroatoms. The smallest absolute Gasteiger partial charge is 0.356 e. The van der Waals surface area contributed by atoms with E-state index in [2.05, 4.69) is 38.4 Å². The van der Waals surface area contributed by atoms with E-state index in [1.54, 1.807) is 6.20 Å². The monoisotopic (exact) mass is 436 g/mol. The first-order valence-electron chi connectivity index (χ1n) is 9.77. The van der Waals surface area contributed by atoms with Gasteiger partial charge in [0, 0.05) is 24.7 Å². The van der Waals surface area contributed by atoms with Crippen LogP contribution >= 0.6 is 24.8 Å². The maximum absolute atomic E-state index is 10.9. The molecule has 6 nitrogen and oxygen atoms in total. The average Bonchev–Trinajstić information content (AvgIpc) is 3.09. The minimum absolute atomic E-state index is 0. The molecule has 0 saturated carbocycles. The third kappa shape index (κ3) is 3.99. The van der Waals surface area contributed by atoms with Crippen molar-refractivity contribution in [3.05, 3.63) is 47.4 Å². The molecule has 0 unspecified atom stereocenters. The lowest BCUT2D eigenvalue weighted by atomic mass is 9.71. The summed E-state index contributed by atoms with van der Waals surface area (Å²) in [7, 11) is 0. The number of nitrogens with one attached hydrogen (secondary N) is 1. The molecule has 2 saturated heterocycles. The van der Waals surface area contributed by atoms with E-state index in [0.29, 0.717) is 11.5 Å². The molecular formula is C21H26Cl2N4O2. The SMILES string of the molecule is Cl.Cl.O=C(O)c1cnc(-c2ccc3c(c2)CC[C@H]3N2CC3(CCNCC3)C2)cn1. The van der Waals surface area contributed by atoms with Crippen molar-refractivity contribution in [3.63, 3.8) is 0 Å². The van der Waals surface area contributed by atoms with Gasteiger partial charge in [-0.15, -0.1) is 24.8 Å². The molecule has 1 aromatic carbocycles. The van der Waals surface area contributed by atoms with Crippen LogP contribution < -0.4 is 5.32 Å². The Kier molecular flexibility index (Phi) is 6.48. The van der Waals surface area contributed by atoms with Gasteiger partial charge in [-0.25, -0.2) is 9.78 Å². The molecule has 5 rings (SSSR count). The molecule has 29 heavy (non-hydrogen) atoms. The second kappa shape index (κ2) is 8.56. The van der Waals surface area contributed by atoms with Crippen molar-refractivity contribution in [1.82, 2.24) is 20.2 Å².